The van der Waals surface area contributed by atoms with E-state index in [1.165, 1.54) is 24.3 Å². The van der Waals surface area contributed by atoms with Crippen LogP contribution in [-0.4, -0.2) is 40.5 Å². The first-order valence-corrected chi connectivity index (χ1v) is 7.90. The molecule has 0 saturated heterocycles. The topological polar surface area (TPSA) is 87.3 Å². The highest BCUT2D eigenvalue weighted by molar-refractivity contribution is 7.89. The van der Waals surface area contributed by atoms with E-state index in [2.05, 4.69) is 15.4 Å². The molecule has 0 aliphatic heterocycles. The summed E-state index contributed by atoms with van der Waals surface area (Å²) in [6, 6.07) is 5.69. The van der Waals surface area contributed by atoms with E-state index in [1.54, 1.807) is 20.9 Å². The van der Waals surface area contributed by atoms with Crippen molar-refractivity contribution in [3.63, 3.8) is 0 Å². The van der Waals surface area contributed by atoms with Crippen LogP contribution in [0.2, 0.25) is 0 Å². The largest absolute Gasteiger partial charge is 0.351 e. The summed E-state index contributed by atoms with van der Waals surface area (Å²) < 4.78 is 26.3. The van der Waals surface area contributed by atoms with Crippen molar-refractivity contribution in [3.05, 3.63) is 29.8 Å². The Morgan fingerprint density at radius 2 is 1.75 bits per heavy atom. The lowest BCUT2D eigenvalue weighted by atomic mass is 10.2. The van der Waals surface area contributed by atoms with Crippen LogP contribution < -0.4 is 15.4 Å². The van der Waals surface area contributed by atoms with Gasteiger partial charge in [-0.1, -0.05) is 0 Å². The molecular weight excluding hydrogens is 278 g/mol. The van der Waals surface area contributed by atoms with Crippen molar-refractivity contribution in [1.29, 1.82) is 0 Å². The molecule has 112 valence electrons. The van der Waals surface area contributed by atoms with E-state index >= 15 is 0 Å². The van der Waals surface area contributed by atoms with Crippen molar-refractivity contribution in [3.8, 4) is 0 Å². The second kappa shape index (κ2) is 7.37. The number of benzene rings is 1. The number of hydrogen-bond donors (Lipinski definition) is 3. The number of sulfonamides is 1. The van der Waals surface area contributed by atoms with Gasteiger partial charge in [-0.15, -0.1) is 0 Å². The van der Waals surface area contributed by atoms with Crippen LogP contribution in [0.25, 0.3) is 0 Å². The van der Waals surface area contributed by atoms with E-state index in [4.69, 9.17) is 0 Å². The number of carbonyl (C=O) groups excluding carboxylic acids is 1. The predicted octanol–water partition coefficient (Wildman–Crippen LogP) is 0.323. The molecule has 6 nitrogen and oxygen atoms in total. The first kappa shape index (κ1) is 16.6. The monoisotopic (exact) mass is 299 g/mol. The van der Waals surface area contributed by atoms with Gasteiger partial charge in [-0.05, 0) is 45.2 Å². The molecule has 1 aromatic carbocycles. The lowest BCUT2D eigenvalue weighted by Crippen LogP contribution is -2.31. The average molecular weight is 299 g/mol. The minimum atomic E-state index is -3.51. The van der Waals surface area contributed by atoms with Crippen LogP contribution in [0.3, 0.4) is 0 Å². The summed E-state index contributed by atoms with van der Waals surface area (Å²) in [7, 11) is -1.72. The molecule has 0 fully saturated rings. The number of nitrogens with one attached hydrogen (secondary N) is 3. The fraction of sp³-hybridized carbons (Fsp3) is 0.462. The number of carbonyl (C=O) groups is 1. The Kier molecular flexibility index (Phi) is 6.12. The summed E-state index contributed by atoms with van der Waals surface area (Å²) in [5.41, 5.74) is 0.435. The number of hydrogen-bond acceptors (Lipinski definition) is 4. The summed E-state index contributed by atoms with van der Waals surface area (Å²) in [5.74, 6) is -0.221. The molecule has 1 aromatic rings. The van der Waals surface area contributed by atoms with Gasteiger partial charge in [0.2, 0.25) is 10.0 Å². The van der Waals surface area contributed by atoms with Crippen molar-refractivity contribution in [2.75, 3.05) is 20.1 Å². The van der Waals surface area contributed by atoms with Crippen LogP contribution in [0.1, 0.15) is 24.2 Å². The van der Waals surface area contributed by atoms with Crippen LogP contribution >= 0.6 is 0 Å². The maximum Gasteiger partial charge on any atom is 0.251 e. The standard InChI is InChI=1S/C13H21N3O3S/c1-10(2)16-20(18,19)12-6-4-11(5-7-12)13(17)15-9-8-14-3/h4-7,10,14,16H,8-9H2,1-3H3,(H,15,17). The van der Waals surface area contributed by atoms with E-state index in [1.807, 2.05) is 0 Å². The third-order valence-corrected chi connectivity index (χ3v) is 4.15. The zero-order valence-electron chi connectivity index (χ0n) is 11.9. The Bertz CT molecular complexity index is 538. The second-order valence-corrected chi connectivity index (χ2v) is 6.37. The maximum absolute atomic E-state index is 11.9. The Morgan fingerprint density at radius 3 is 2.25 bits per heavy atom. The molecule has 0 aliphatic rings. The molecule has 20 heavy (non-hydrogen) atoms. The lowest BCUT2D eigenvalue weighted by Gasteiger charge is -2.10. The molecule has 0 heterocycles. The normalized spacial score (nSPS) is 11.6. The van der Waals surface area contributed by atoms with Crippen LogP contribution in [0, 0.1) is 0 Å². The second-order valence-electron chi connectivity index (χ2n) is 4.66. The molecular formula is C13H21N3O3S. The molecule has 0 atom stereocenters. The average Bonchev–Trinajstić information content (AvgIpc) is 2.37. The first-order chi connectivity index (χ1) is 9.36. The molecule has 3 N–H and O–H groups in total. The van der Waals surface area contributed by atoms with E-state index in [-0.39, 0.29) is 16.8 Å². The van der Waals surface area contributed by atoms with E-state index in [0.717, 1.165) is 0 Å². The SMILES string of the molecule is CNCCNC(=O)c1ccc(S(=O)(=O)NC(C)C)cc1. The molecule has 1 rings (SSSR count). The number of rotatable bonds is 7. The Morgan fingerprint density at radius 1 is 1.15 bits per heavy atom. The third-order valence-electron chi connectivity index (χ3n) is 2.48. The van der Waals surface area contributed by atoms with Crippen molar-refractivity contribution < 1.29 is 13.2 Å². The van der Waals surface area contributed by atoms with Gasteiger partial charge in [0, 0.05) is 24.7 Å². The minimum absolute atomic E-state index is 0.151. The summed E-state index contributed by atoms with van der Waals surface area (Å²) >= 11 is 0. The van der Waals surface area contributed by atoms with Crippen LogP contribution in [-0.2, 0) is 10.0 Å². The number of likely N-dealkylation sites (N-methyl/N-ethyl adjacent to an activating group) is 1. The molecule has 0 aliphatic carbocycles. The van der Waals surface area contributed by atoms with Gasteiger partial charge in [-0.25, -0.2) is 13.1 Å². The summed E-state index contributed by atoms with van der Waals surface area (Å²) in [4.78, 5) is 11.9. The molecule has 1 amide bonds. The minimum Gasteiger partial charge on any atom is -0.351 e. The van der Waals surface area contributed by atoms with Gasteiger partial charge in [0.15, 0.2) is 0 Å². The van der Waals surface area contributed by atoms with Gasteiger partial charge in [0.1, 0.15) is 0 Å². The highest BCUT2D eigenvalue weighted by Crippen LogP contribution is 2.11. The van der Waals surface area contributed by atoms with Gasteiger partial charge in [0.25, 0.3) is 5.91 Å². The Hall–Kier alpha value is -1.44. The quantitative estimate of drug-likeness (QED) is 0.633. The molecule has 0 bridgehead atoms. The molecule has 0 radical (unpaired) electrons. The highest BCUT2D eigenvalue weighted by atomic mass is 32.2. The summed E-state index contributed by atoms with van der Waals surface area (Å²) in [6.07, 6.45) is 0. The van der Waals surface area contributed by atoms with Crippen molar-refractivity contribution in [1.82, 2.24) is 15.4 Å². The van der Waals surface area contributed by atoms with Crippen LogP contribution in [0.5, 0.6) is 0 Å². The summed E-state index contributed by atoms with van der Waals surface area (Å²) in [6.45, 7) is 4.70. The van der Waals surface area contributed by atoms with E-state index in [0.29, 0.717) is 18.7 Å². The fourth-order valence-corrected chi connectivity index (χ4v) is 2.82. The lowest BCUT2D eigenvalue weighted by molar-refractivity contribution is 0.0954. The Labute approximate surface area is 120 Å². The molecule has 0 spiro atoms. The molecule has 0 saturated carbocycles. The van der Waals surface area contributed by atoms with Crippen molar-refractivity contribution >= 4 is 15.9 Å². The van der Waals surface area contributed by atoms with Crippen molar-refractivity contribution in [2.24, 2.45) is 0 Å². The third kappa shape index (κ3) is 4.92. The van der Waals surface area contributed by atoms with Gasteiger partial charge in [-0.2, -0.15) is 0 Å². The van der Waals surface area contributed by atoms with E-state index < -0.39 is 10.0 Å². The van der Waals surface area contributed by atoms with E-state index in [9.17, 15) is 13.2 Å². The summed E-state index contributed by atoms with van der Waals surface area (Å²) in [5, 5.41) is 5.64. The molecule has 0 aromatic heterocycles. The first-order valence-electron chi connectivity index (χ1n) is 6.42. The molecule has 0 unspecified atom stereocenters. The van der Waals surface area contributed by atoms with Gasteiger partial charge < -0.3 is 10.6 Å². The van der Waals surface area contributed by atoms with Crippen molar-refractivity contribution in [2.45, 2.75) is 24.8 Å². The smallest absolute Gasteiger partial charge is 0.251 e. The van der Waals surface area contributed by atoms with Gasteiger partial charge in [0.05, 0.1) is 4.90 Å². The Balaban J connectivity index is 2.76. The van der Waals surface area contributed by atoms with Crippen LogP contribution in [0.4, 0.5) is 0 Å². The zero-order chi connectivity index (χ0) is 15.2. The zero-order valence-corrected chi connectivity index (χ0v) is 12.8. The highest BCUT2D eigenvalue weighted by Gasteiger charge is 2.15. The maximum atomic E-state index is 11.9. The van der Waals surface area contributed by atoms with Gasteiger partial charge in [-0.3, -0.25) is 4.79 Å². The number of amides is 1. The predicted molar refractivity (Wildman–Crippen MR) is 78.2 cm³/mol. The van der Waals surface area contributed by atoms with Gasteiger partial charge >= 0.3 is 0 Å². The molecule has 7 heteroatoms. The fourth-order valence-electron chi connectivity index (χ4n) is 1.57. The van der Waals surface area contributed by atoms with Crippen LogP contribution in [0.15, 0.2) is 29.2 Å².